The van der Waals surface area contributed by atoms with Gasteiger partial charge in [-0.2, -0.15) is 0 Å². The zero-order valence-corrected chi connectivity index (χ0v) is 12.3. The van der Waals surface area contributed by atoms with E-state index < -0.39 is 0 Å². The van der Waals surface area contributed by atoms with E-state index >= 15 is 0 Å². The molecule has 3 nitrogen and oxygen atoms in total. The molecule has 1 amide bonds. The molecular formula is C19H17NO2. The van der Waals surface area contributed by atoms with E-state index in [0.717, 1.165) is 21.9 Å². The van der Waals surface area contributed by atoms with Crippen molar-refractivity contribution in [1.82, 2.24) is 5.32 Å². The molecule has 0 radical (unpaired) electrons. The highest BCUT2D eigenvalue weighted by atomic mass is 16.3. The Labute approximate surface area is 129 Å². The molecule has 110 valence electrons. The van der Waals surface area contributed by atoms with Crippen LogP contribution in [0.4, 0.5) is 0 Å². The average molecular weight is 291 g/mol. The van der Waals surface area contributed by atoms with Gasteiger partial charge in [0.2, 0.25) is 5.91 Å². The van der Waals surface area contributed by atoms with Crippen LogP contribution in [-0.4, -0.2) is 11.0 Å². The fraction of sp³-hybridized carbons (Fsp3) is 0.105. The van der Waals surface area contributed by atoms with Gasteiger partial charge in [-0.3, -0.25) is 4.79 Å². The minimum absolute atomic E-state index is 0.138. The molecule has 3 aromatic carbocycles. The topological polar surface area (TPSA) is 49.3 Å². The van der Waals surface area contributed by atoms with E-state index in [2.05, 4.69) is 5.32 Å². The van der Waals surface area contributed by atoms with Crippen molar-refractivity contribution in [2.45, 2.75) is 13.0 Å². The van der Waals surface area contributed by atoms with Gasteiger partial charge in [-0.25, -0.2) is 0 Å². The molecule has 2 N–H and O–H groups in total. The van der Waals surface area contributed by atoms with Gasteiger partial charge >= 0.3 is 0 Å². The van der Waals surface area contributed by atoms with Crippen molar-refractivity contribution in [3.63, 3.8) is 0 Å². The smallest absolute Gasteiger partial charge is 0.217 e. The number of phenols is 1. The zero-order chi connectivity index (χ0) is 15.5. The van der Waals surface area contributed by atoms with E-state index in [1.807, 2.05) is 60.7 Å². The lowest BCUT2D eigenvalue weighted by Gasteiger charge is -2.22. The maximum Gasteiger partial charge on any atom is 0.217 e. The SMILES string of the molecule is CC(=O)N[C@@H](c1ccccc1)c1c(O)ccc2ccccc12. The molecule has 3 heteroatoms. The van der Waals surface area contributed by atoms with Crippen molar-refractivity contribution >= 4 is 16.7 Å². The van der Waals surface area contributed by atoms with Crippen LogP contribution < -0.4 is 5.32 Å². The number of benzene rings is 3. The number of amides is 1. The van der Waals surface area contributed by atoms with Crippen LogP contribution >= 0.6 is 0 Å². The van der Waals surface area contributed by atoms with Gasteiger partial charge in [0.05, 0.1) is 6.04 Å². The molecule has 0 aliphatic rings. The van der Waals surface area contributed by atoms with E-state index in [-0.39, 0.29) is 17.7 Å². The van der Waals surface area contributed by atoms with Crippen LogP contribution in [0.15, 0.2) is 66.7 Å². The van der Waals surface area contributed by atoms with Gasteiger partial charge in [0.25, 0.3) is 0 Å². The summed E-state index contributed by atoms with van der Waals surface area (Å²) in [6.07, 6.45) is 0. The van der Waals surface area contributed by atoms with Gasteiger partial charge in [0.1, 0.15) is 5.75 Å². The molecule has 0 aliphatic carbocycles. The molecule has 1 atom stereocenters. The molecule has 0 heterocycles. The third-order valence-electron chi connectivity index (χ3n) is 3.72. The Morgan fingerprint density at radius 3 is 2.36 bits per heavy atom. The Kier molecular flexibility index (Phi) is 3.79. The molecule has 0 aromatic heterocycles. The molecule has 0 bridgehead atoms. The molecule has 22 heavy (non-hydrogen) atoms. The fourth-order valence-corrected chi connectivity index (χ4v) is 2.76. The summed E-state index contributed by atoms with van der Waals surface area (Å²) in [6, 6.07) is 20.7. The third-order valence-corrected chi connectivity index (χ3v) is 3.72. The van der Waals surface area contributed by atoms with Gasteiger partial charge in [-0.15, -0.1) is 0 Å². The number of hydrogen-bond donors (Lipinski definition) is 2. The normalized spacial score (nSPS) is 12.0. The van der Waals surface area contributed by atoms with Crippen LogP contribution in [0.1, 0.15) is 24.1 Å². The van der Waals surface area contributed by atoms with Crippen molar-refractivity contribution in [2.75, 3.05) is 0 Å². The lowest BCUT2D eigenvalue weighted by Crippen LogP contribution is -2.27. The monoisotopic (exact) mass is 291 g/mol. The van der Waals surface area contributed by atoms with Crippen LogP contribution in [0, 0.1) is 0 Å². The van der Waals surface area contributed by atoms with Crippen molar-refractivity contribution in [3.8, 4) is 5.75 Å². The predicted octanol–water partition coefficient (Wildman–Crippen LogP) is 3.77. The predicted molar refractivity (Wildman–Crippen MR) is 87.7 cm³/mol. The maximum atomic E-state index is 11.7. The molecular weight excluding hydrogens is 274 g/mol. The molecule has 0 saturated carbocycles. The van der Waals surface area contributed by atoms with E-state index in [0.29, 0.717) is 0 Å². The number of aromatic hydroxyl groups is 1. The molecule has 0 saturated heterocycles. The quantitative estimate of drug-likeness (QED) is 0.771. The second-order valence-electron chi connectivity index (χ2n) is 5.26. The second kappa shape index (κ2) is 5.90. The Balaban J connectivity index is 2.24. The van der Waals surface area contributed by atoms with Gasteiger partial charge in [0, 0.05) is 12.5 Å². The maximum absolute atomic E-state index is 11.7. The summed E-state index contributed by atoms with van der Waals surface area (Å²) in [5.41, 5.74) is 1.66. The lowest BCUT2D eigenvalue weighted by atomic mass is 9.92. The minimum Gasteiger partial charge on any atom is -0.508 e. The van der Waals surface area contributed by atoms with Crippen LogP contribution in [0.2, 0.25) is 0 Å². The van der Waals surface area contributed by atoms with Crippen molar-refractivity contribution in [2.24, 2.45) is 0 Å². The van der Waals surface area contributed by atoms with Crippen molar-refractivity contribution in [3.05, 3.63) is 77.9 Å². The van der Waals surface area contributed by atoms with E-state index in [9.17, 15) is 9.90 Å². The number of nitrogens with one attached hydrogen (secondary N) is 1. The van der Waals surface area contributed by atoms with Crippen molar-refractivity contribution in [1.29, 1.82) is 0 Å². The molecule has 0 spiro atoms. The summed E-state index contributed by atoms with van der Waals surface area (Å²) in [5, 5.41) is 15.3. The number of carbonyl (C=O) groups is 1. The first-order chi connectivity index (χ1) is 10.7. The molecule has 3 rings (SSSR count). The fourth-order valence-electron chi connectivity index (χ4n) is 2.76. The standard InChI is InChI=1S/C19H17NO2/c1-13(21)20-19(15-8-3-2-4-9-15)18-16-10-6-5-7-14(16)11-12-17(18)22/h2-12,19,22H,1H3,(H,20,21)/t19-/m0/s1. The summed E-state index contributed by atoms with van der Waals surface area (Å²) in [4.78, 5) is 11.7. The van der Waals surface area contributed by atoms with Gasteiger partial charge < -0.3 is 10.4 Å². The number of carbonyl (C=O) groups excluding carboxylic acids is 1. The van der Waals surface area contributed by atoms with E-state index in [4.69, 9.17) is 0 Å². The molecule has 0 unspecified atom stereocenters. The first-order valence-electron chi connectivity index (χ1n) is 7.19. The average Bonchev–Trinajstić information content (AvgIpc) is 2.54. The largest absolute Gasteiger partial charge is 0.508 e. The number of fused-ring (bicyclic) bond motifs is 1. The van der Waals surface area contributed by atoms with Crippen LogP contribution in [0.3, 0.4) is 0 Å². The molecule has 3 aromatic rings. The van der Waals surface area contributed by atoms with Crippen molar-refractivity contribution < 1.29 is 9.90 Å². The highest BCUT2D eigenvalue weighted by Crippen LogP contribution is 2.35. The van der Waals surface area contributed by atoms with E-state index in [1.54, 1.807) is 6.07 Å². The number of rotatable bonds is 3. The third kappa shape index (κ3) is 2.66. The summed E-state index contributed by atoms with van der Waals surface area (Å²) in [6.45, 7) is 1.48. The Hall–Kier alpha value is -2.81. The van der Waals surface area contributed by atoms with Gasteiger partial charge in [-0.1, -0.05) is 60.7 Å². The van der Waals surface area contributed by atoms with Crippen LogP contribution in [0.5, 0.6) is 5.75 Å². The lowest BCUT2D eigenvalue weighted by molar-refractivity contribution is -0.119. The summed E-state index contributed by atoms with van der Waals surface area (Å²) in [7, 11) is 0. The Morgan fingerprint density at radius 2 is 1.64 bits per heavy atom. The summed E-state index contributed by atoms with van der Waals surface area (Å²) >= 11 is 0. The van der Waals surface area contributed by atoms with Gasteiger partial charge in [-0.05, 0) is 22.4 Å². The van der Waals surface area contributed by atoms with Crippen LogP contribution in [0.25, 0.3) is 10.8 Å². The highest BCUT2D eigenvalue weighted by molar-refractivity contribution is 5.89. The molecule has 0 fully saturated rings. The Morgan fingerprint density at radius 1 is 0.955 bits per heavy atom. The second-order valence-corrected chi connectivity index (χ2v) is 5.26. The first-order valence-corrected chi connectivity index (χ1v) is 7.19. The number of hydrogen-bond acceptors (Lipinski definition) is 2. The zero-order valence-electron chi connectivity index (χ0n) is 12.3. The minimum atomic E-state index is -0.384. The number of phenolic OH excluding ortho intramolecular Hbond substituents is 1. The Bertz CT molecular complexity index is 812. The first kappa shape index (κ1) is 14.1. The van der Waals surface area contributed by atoms with E-state index in [1.165, 1.54) is 6.92 Å². The highest BCUT2D eigenvalue weighted by Gasteiger charge is 2.21. The van der Waals surface area contributed by atoms with Crippen LogP contribution in [-0.2, 0) is 4.79 Å². The summed E-state index contributed by atoms with van der Waals surface area (Å²) in [5.74, 6) is 0.0440. The summed E-state index contributed by atoms with van der Waals surface area (Å²) < 4.78 is 0. The van der Waals surface area contributed by atoms with Gasteiger partial charge in [0.15, 0.2) is 0 Å². The molecule has 0 aliphatic heterocycles.